The van der Waals surface area contributed by atoms with Crippen molar-refractivity contribution in [2.45, 2.75) is 19.0 Å². The summed E-state index contributed by atoms with van der Waals surface area (Å²) in [5, 5.41) is 9.64. The molecule has 0 aliphatic carbocycles. The molecule has 1 aromatic carbocycles. The number of aromatic nitrogens is 4. The van der Waals surface area contributed by atoms with E-state index in [1.54, 1.807) is 29.7 Å². The Bertz CT molecular complexity index is 990. The van der Waals surface area contributed by atoms with E-state index in [-0.39, 0.29) is 18.9 Å². The maximum Gasteiger partial charge on any atom is 0.328 e. The molecule has 0 radical (unpaired) electrons. The van der Waals surface area contributed by atoms with Crippen molar-refractivity contribution in [2.75, 3.05) is 24.5 Å². The highest BCUT2D eigenvalue weighted by atomic mass is 16.4. The molecule has 1 aliphatic heterocycles. The molecule has 0 saturated carbocycles. The Kier molecular flexibility index (Phi) is 4.88. The van der Waals surface area contributed by atoms with E-state index in [4.69, 9.17) is 0 Å². The number of carboxylic acid groups (broad SMARTS) is 1. The van der Waals surface area contributed by atoms with Gasteiger partial charge in [-0.15, -0.1) is 0 Å². The van der Waals surface area contributed by atoms with Gasteiger partial charge in [-0.2, -0.15) is 0 Å². The Morgan fingerprint density at radius 2 is 1.86 bits per heavy atom. The number of rotatable bonds is 5. The number of piperazine rings is 1. The summed E-state index contributed by atoms with van der Waals surface area (Å²) in [4.78, 5) is 40.5. The summed E-state index contributed by atoms with van der Waals surface area (Å²) in [6.45, 7) is 1.43. The third-order valence-electron chi connectivity index (χ3n) is 4.91. The fourth-order valence-corrected chi connectivity index (χ4v) is 3.48. The van der Waals surface area contributed by atoms with Gasteiger partial charge in [0.2, 0.25) is 11.9 Å². The van der Waals surface area contributed by atoms with Gasteiger partial charge in [-0.1, -0.05) is 12.1 Å². The Hall–Kier alpha value is -3.49. The summed E-state index contributed by atoms with van der Waals surface area (Å²) in [5.74, 6) is -0.730. The van der Waals surface area contributed by atoms with Gasteiger partial charge < -0.3 is 19.5 Å². The molecule has 144 valence electrons. The number of carbonyl (C=O) groups excluding carboxylic acids is 1. The number of imidazole rings is 1. The van der Waals surface area contributed by atoms with Gasteiger partial charge in [-0.25, -0.2) is 19.7 Å². The quantitative estimate of drug-likeness (QED) is 0.704. The van der Waals surface area contributed by atoms with Crippen LogP contribution in [0.25, 0.3) is 11.0 Å². The predicted octanol–water partition coefficient (Wildman–Crippen LogP) is 1.02. The highest BCUT2D eigenvalue weighted by molar-refractivity contribution is 5.85. The lowest BCUT2D eigenvalue weighted by atomic mass is 10.1. The minimum absolute atomic E-state index is 0.166. The van der Waals surface area contributed by atoms with Crippen molar-refractivity contribution < 1.29 is 14.7 Å². The van der Waals surface area contributed by atoms with Crippen LogP contribution >= 0.6 is 0 Å². The molecule has 3 heterocycles. The van der Waals surface area contributed by atoms with Crippen LogP contribution in [0.3, 0.4) is 0 Å². The number of anilines is 1. The van der Waals surface area contributed by atoms with Crippen LogP contribution in [0, 0.1) is 0 Å². The highest BCUT2D eigenvalue weighted by Gasteiger charge is 2.35. The van der Waals surface area contributed by atoms with Crippen molar-refractivity contribution in [1.82, 2.24) is 24.4 Å². The first-order chi connectivity index (χ1) is 13.6. The summed E-state index contributed by atoms with van der Waals surface area (Å²) in [6, 6.07) is 8.48. The molecule has 28 heavy (non-hydrogen) atoms. The van der Waals surface area contributed by atoms with E-state index in [0.717, 1.165) is 11.0 Å². The van der Waals surface area contributed by atoms with Crippen LogP contribution in [0.2, 0.25) is 0 Å². The lowest BCUT2D eigenvalue weighted by molar-refractivity contribution is -0.150. The van der Waals surface area contributed by atoms with E-state index < -0.39 is 12.0 Å². The number of hydrogen-bond donors (Lipinski definition) is 1. The monoisotopic (exact) mass is 380 g/mol. The zero-order valence-corrected chi connectivity index (χ0v) is 15.2. The van der Waals surface area contributed by atoms with Crippen LogP contribution in [0.1, 0.15) is 6.42 Å². The molecule has 9 heteroatoms. The third kappa shape index (κ3) is 3.51. The number of carbonyl (C=O) groups is 2. The summed E-state index contributed by atoms with van der Waals surface area (Å²) >= 11 is 0. The van der Waals surface area contributed by atoms with E-state index >= 15 is 0 Å². The lowest BCUT2D eigenvalue weighted by Crippen LogP contribution is -2.58. The van der Waals surface area contributed by atoms with Crippen molar-refractivity contribution in [2.24, 2.45) is 0 Å². The molecular weight excluding hydrogens is 360 g/mol. The van der Waals surface area contributed by atoms with Crippen molar-refractivity contribution in [3.05, 3.63) is 49.1 Å². The van der Waals surface area contributed by atoms with Crippen LogP contribution in [0.4, 0.5) is 5.95 Å². The number of para-hydroxylation sites is 2. The fourth-order valence-electron chi connectivity index (χ4n) is 3.48. The molecule has 1 amide bonds. The number of nitrogens with zero attached hydrogens (tertiary/aromatic N) is 6. The van der Waals surface area contributed by atoms with Crippen LogP contribution in [-0.4, -0.2) is 67.1 Å². The maximum atomic E-state index is 12.8. The second-order valence-electron chi connectivity index (χ2n) is 6.61. The molecule has 4 rings (SSSR count). The van der Waals surface area contributed by atoms with Crippen LogP contribution in [-0.2, 0) is 16.1 Å². The van der Waals surface area contributed by atoms with Crippen molar-refractivity contribution in [3.8, 4) is 0 Å². The van der Waals surface area contributed by atoms with E-state index in [1.807, 2.05) is 28.8 Å². The first kappa shape index (κ1) is 17.9. The van der Waals surface area contributed by atoms with Gasteiger partial charge in [0.05, 0.1) is 23.9 Å². The fraction of sp³-hybridized carbons (Fsp3) is 0.316. The van der Waals surface area contributed by atoms with Crippen LogP contribution in [0.15, 0.2) is 49.1 Å². The SMILES string of the molecule is O=C(O)[C@@H]1CN(c2ncccn2)CCN1C(=O)CCn1cnc2ccccc21. The topological polar surface area (TPSA) is 104 Å². The molecule has 1 N–H and O–H groups in total. The molecule has 0 spiro atoms. The average molecular weight is 380 g/mol. The van der Waals surface area contributed by atoms with Gasteiger partial charge in [0.15, 0.2) is 0 Å². The average Bonchev–Trinajstić information content (AvgIpc) is 3.15. The summed E-state index contributed by atoms with van der Waals surface area (Å²) < 4.78 is 1.91. The number of aliphatic carboxylic acids is 1. The molecule has 3 aromatic rings. The zero-order valence-electron chi connectivity index (χ0n) is 15.2. The molecule has 0 bridgehead atoms. The largest absolute Gasteiger partial charge is 0.480 e. The summed E-state index contributed by atoms with van der Waals surface area (Å²) in [6.07, 6.45) is 5.15. The molecule has 9 nitrogen and oxygen atoms in total. The molecule has 1 saturated heterocycles. The number of aryl methyl sites for hydroxylation is 1. The molecule has 0 unspecified atom stereocenters. The number of fused-ring (bicyclic) bond motifs is 1. The van der Waals surface area contributed by atoms with Gasteiger partial charge in [0.1, 0.15) is 6.04 Å². The van der Waals surface area contributed by atoms with E-state index in [9.17, 15) is 14.7 Å². The second-order valence-corrected chi connectivity index (χ2v) is 6.61. The maximum absolute atomic E-state index is 12.8. The van der Waals surface area contributed by atoms with Crippen molar-refractivity contribution >= 4 is 28.9 Å². The lowest BCUT2D eigenvalue weighted by Gasteiger charge is -2.39. The zero-order chi connectivity index (χ0) is 19.5. The molecular formula is C19H20N6O3. The normalized spacial score (nSPS) is 17.1. The number of hydrogen-bond acceptors (Lipinski definition) is 6. The van der Waals surface area contributed by atoms with Gasteiger partial charge in [0, 0.05) is 38.4 Å². The molecule has 1 aliphatic rings. The van der Waals surface area contributed by atoms with Gasteiger partial charge in [0.25, 0.3) is 0 Å². The van der Waals surface area contributed by atoms with E-state index in [1.165, 1.54) is 4.90 Å². The Labute approximate surface area is 161 Å². The van der Waals surface area contributed by atoms with Gasteiger partial charge >= 0.3 is 5.97 Å². The molecule has 1 atom stereocenters. The second kappa shape index (κ2) is 7.63. The van der Waals surface area contributed by atoms with Crippen molar-refractivity contribution in [1.29, 1.82) is 0 Å². The Balaban J connectivity index is 1.44. The first-order valence-corrected chi connectivity index (χ1v) is 9.07. The van der Waals surface area contributed by atoms with E-state index in [0.29, 0.717) is 25.6 Å². The Morgan fingerprint density at radius 3 is 2.64 bits per heavy atom. The van der Waals surface area contributed by atoms with Gasteiger partial charge in [-0.05, 0) is 18.2 Å². The van der Waals surface area contributed by atoms with Gasteiger partial charge in [-0.3, -0.25) is 4.79 Å². The smallest absolute Gasteiger partial charge is 0.328 e. The van der Waals surface area contributed by atoms with Crippen molar-refractivity contribution in [3.63, 3.8) is 0 Å². The number of carboxylic acids is 1. The highest BCUT2D eigenvalue weighted by Crippen LogP contribution is 2.17. The number of amides is 1. The minimum Gasteiger partial charge on any atom is -0.480 e. The first-order valence-electron chi connectivity index (χ1n) is 9.07. The minimum atomic E-state index is -1.03. The molecule has 2 aromatic heterocycles. The summed E-state index contributed by atoms with van der Waals surface area (Å²) in [5.41, 5.74) is 1.82. The van der Waals surface area contributed by atoms with Crippen LogP contribution < -0.4 is 4.90 Å². The summed E-state index contributed by atoms with van der Waals surface area (Å²) in [7, 11) is 0. The standard InChI is InChI=1S/C19H20N6O3/c26-17(6-9-24-13-22-14-4-1-2-5-15(14)24)25-11-10-23(12-16(25)18(27)28)19-20-7-3-8-21-19/h1-5,7-8,13,16H,6,9-12H2,(H,27,28)/t16-/m0/s1. The Morgan fingerprint density at radius 1 is 1.07 bits per heavy atom. The third-order valence-corrected chi connectivity index (χ3v) is 4.91. The number of benzene rings is 1. The van der Waals surface area contributed by atoms with E-state index in [2.05, 4.69) is 15.0 Å². The van der Waals surface area contributed by atoms with Crippen LogP contribution in [0.5, 0.6) is 0 Å². The predicted molar refractivity (Wildman–Crippen MR) is 102 cm³/mol. The molecule has 1 fully saturated rings.